The Labute approximate surface area is 87.6 Å². The molecular weight excluding hydrogens is 176 g/mol. The highest BCUT2D eigenvalue weighted by Crippen LogP contribution is 2.07. The Balaban J connectivity index is 1.96. The van der Waals surface area contributed by atoms with Gasteiger partial charge in [0.05, 0.1) is 6.61 Å². The molecule has 0 unspecified atom stereocenters. The molecule has 0 aliphatic carbocycles. The molecule has 1 aliphatic rings. The molecule has 0 aromatic rings. The first-order chi connectivity index (χ1) is 6.68. The standard InChI is InChI=1S/C11H24N2O/c1-10(2)9-14-8-7-13-5-3-11(12)4-6-13/h10-11H,3-9,12H2,1-2H3. The lowest BCUT2D eigenvalue weighted by molar-refractivity contribution is 0.0782. The van der Waals surface area contributed by atoms with E-state index in [2.05, 4.69) is 18.7 Å². The van der Waals surface area contributed by atoms with Crippen molar-refractivity contribution in [3.8, 4) is 0 Å². The molecule has 1 heterocycles. The number of nitrogens with two attached hydrogens (primary N) is 1. The molecule has 1 aliphatic heterocycles. The number of nitrogens with zero attached hydrogens (tertiary/aromatic N) is 1. The van der Waals surface area contributed by atoms with Gasteiger partial charge in [-0.05, 0) is 31.8 Å². The second-order valence-corrected chi connectivity index (χ2v) is 4.65. The Morgan fingerprint density at radius 1 is 1.36 bits per heavy atom. The van der Waals surface area contributed by atoms with Crippen LogP contribution in [0.2, 0.25) is 0 Å². The number of ether oxygens (including phenoxy) is 1. The third-order valence-electron chi connectivity index (χ3n) is 2.64. The van der Waals surface area contributed by atoms with E-state index in [4.69, 9.17) is 10.5 Å². The van der Waals surface area contributed by atoms with Crippen LogP contribution in [0.15, 0.2) is 0 Å². The van der Waals surface area contributed by atoms with Gasteiger partial charge in [-0.1, -0.05) is 13.8 Å². The maximum Gasteiger partial charge on any atom is 0.0593 e. The zero-order valence-electron chi connectivity index (χ0n) is 9.54. The SMILES string of the molecule is CC(C)COCCN1CCC(N)CC1. The van der Waals surface area contributed by atoms with Crippen LogP contribution < -0.4 is 5.73 Å². The Kier molecular flexibility index (Phi) is 5.45. The van der Waals surface area contributed by atoms with E-state index in [1.807, 2.05) is 0 Å². The van der Waals surface area contributed by atoms with Gasteiger partial charge in [0.2, 0.25) is 0 Å². The second kappa shape index (κ2) is 6.38. The van der Waals surface area contributed by atoms with Crippen molar-refractivity contribution in [1.82, 2.24) is 4.90 Å². The van der Waals surface area contributed by atoms with E-state index in [1.54, 1.807) is 0 Å². The Morgan fingerprint density at radius 2 is 2.00 bits per heavy atom. The molecule has 0 amide bonds. The summed E-state index contributed by atoms with van der Waals surface area (Å²) in [6.07, 6.45) is 2.29. The van der Waals surface area contributed by atoms with Crippen molar-refractivity contribution in [3.05, 3.63) is 0 Å². The first kappa shape index (κ1) is 12.0. The van der Waals surface area contributed by atoms with Gasteiger partial charge in [0.25, 0.3) is 0 Å². The summed E-state index contributed by atoms with van der Waals surface area (Å²) in [6.45, 7) is 9.47. The first-order valence-corrected chi connectivity index (χ1v) is 5.74. The summed E-state index contributed by atoms with van der Waals surface area (Å²) in [7, 11) is 0. The summed E-state index contributed by atoms with van der Waals surface area (Å²) in [5, 5.41) is 0. The summed E-state index contributed by atoms with van der Waals surface area (Å²) in [5.41, 5.74) is 5.83. The molecule has 3 nitrogen and oxygen atoms in total. The molecule has 1 fully saturated rings. The van der Waals surface area contributed by atoms with Crippen LogP contribution >= 0.6 is 0 Å². The van der Waals surface area contributed by atoms with Gasteiger partial charge < -0.3 is 15.4 Å². The van der Waals surface area contributed by atoms with E-state index in [1.165, 1.54) is 0 Å². The van der Waals surface area contributed by atoms with Gasteiger partial charge in [-0.15, -0.1) is 0 Å². The third kappa shape index (κ3) is 4.94. The minimum atomic E-state index is 0.433. The van der Waals surface area contributed by atoms with Gasteiger partial charge in [-0.25, -0.2) is 0 Å². The van der Waals surface area contributed by atoms with Gasteiger partial charge >= 0.3 is 0 Å². The Morgan fingerprint density at radius 3 is 2.57 bits per heavy atom. The molecule has 84 valence electrons. The lowest BCUT2D eigenvalue weighted by Crippen LogP contribution is -2.41. The number of piperidine rings is 1. The Bertz CT molecular complexity index is 142. The van der Waals surface area contributed by atoms with Gasteiger partial charge in [0, 0.05) is 19.2 Å². The summed E-state index contributed by atoms with van der Waals surface area (Å²) in [4.78, 5) is 2.45. The molecule has 1 rings (SSSR count). The number of hydrogen-bond acceptors (Lipinski definition) is 3. The molecule has 3 heteroatoms. The van der Waals surface area contributed by atoms with Crippen LogP contribution in [0.4, 0.5) is 0 Å². The maximum absolute atomic E-state index is 5.83. The molecule has 1 saturated heterocycles. The van der Waals surface area contributed by atoms with Crippen molar-refractivity contribution in [2.75, 3.05) is 32.8 Å². The fraction of sp³-hybridized carbons (Fsp3) is 1.00. The highest BCUT2D eigenvalue weighted by molar-refractivity contribution is 4.73. The van der Waals surface area contributed by atoms with E-state index in [0.717, 1.165) is 45.7 Å². The largest absolute Gasteiger partial charge is 0.380 e. The zero-order valence-corrected chi connectivity index (χ0v) is 9.54. The van der Waals surface area contributed by atoms with Crippen LogP contribution in [0.25, 0.3) is 0 Å². The van der Waals surface area contributed by atoms with Crippen LogP contribution in [-0.4, -0.2) is 43.8 Å². The van der Waals surface area contributed by atoms with E-state index in [9.17, 15) is 0 Å². The third-order valence-corrected chi connectivity index (χ3v) is 2.64. The van der Waals surface area contributed by atoms with Gasteiger partial charge in [0.1, 0.15) is 0 Å². The topological polar surface area (TPSA) is 38.5 Å². The number of rotatable bonds is 5. The fourth-order valence-electron chi connectivity index (χ4n) is 1.69. The van der Waals surface area contributed by atoms with E-state index in [0.29, 0.717) is 12.0 Å². The number of likely N-dealkylation sites (tertiary alicyclic amines) is 1. The predicted molar refractivity (Wildman–Crippen MR) is 59.3 cm³/mol. The average Bonchev–Trinajstić information content (AvgIpc) is 2.15. The number of hydrogen-bond donors (Lipinski definition) is 1. The molecule has 14 heavy (non-hydrogen) atoms. The van der Waals surface area contributed by atoms with Crippen LogP contribution in [-0.2, 0) is 4.74 Å². The minimum absolute atomic E-state index is 0.433. The van der Waals surface area contributed by atoms with Crippen LogP contribution in [0.5, 0.6) is 0 Å². The molecule has 0 aromatic heterocycles. The van der Waals surface area contributed by atoms with E-state index >= 15 is 0 Å². The molecule has 0 bridgehead atoms. The van der Waals surface area contributed by atoms with Crippen molar-refractivity contribution >= 4 is 0 Å². The fourth-order valence-corrected chi connectivity index (χ4v) is 1.69. The molecule has 0 atom stereocenters. The van der Waals surface area contributed by atoms with Crippen molar-refractivity contribution in [2.45, 2.75) is 32.7 Å². The highest BCUT2D eigenvalue weighted by Gasteiger charge is 2.15. The first-order valence-electron chi connectivity index (χ1n) is 5.74. The molecule has 0 saturated carbocycles. The summed E-state index contributed by atoms with van der Waals surface area (Å²) in [5.74, 6) is 0.643. The normalized spacial score (nSPS) is 20.6. The van der Waals surface area contributed by atoms with Crippen LogP contribution in [0, 0.1) is 5.92 Å². The van der Waals surface area contributed by atoms with E-state index < -0.39 is 0 Å². The summed E-state index contributed by atoms with van der Waals surface area (Å²) < 4.78 is 5.55. The monoisotopic (exact) mass is 200 g/mol. The Hall–Kier alpha value is -0.120. The van der Waals surface area contributed by atoms with Crippen molar-refractivity contribution in [2.24, 2.45) is 11.7 Å². The lowest BCUT2D eigenvalue weighted by Gasteiger charge is -2.29. The smallest absolute Gasteiger partial charge is 0.0593 e. The average molecular weight is 200 g/mol. The van der Waals surface area contributed by atoms with Gasteiger partial charge in [-0.2, -0.15) is 0 Å². The quantitative estimate of drug-likeness (QED) is 0.675. The minimum Gasteiger partial charge on any atom is -0.380 e. The maximum atomic E-state index is 5.83. The summed E-state index contributed by atoms with van der Waals surface area (Å²) >= 11 is 0. The lowest BCUT2D eigenvalue weighted by atomic mass is 10.1. The van der Waals surface area contributed by atoms with Crippen molar-refractivity contribution in [3.63, 3.8) is 0 Å². The zero-order chi connectivity index (χ0) is 10.4. The van der Waals surface area contributed by atoms with Gasteiger partial charge in [0.15, 0.2) is 0 Å². The molecule has 0 aromatic carbocycles. The van der Waals surface area contributed by atoms with Crippen molar-refractivity contribution in [1.29, 1.82) is 0 Å². The van der Waals surface area contributed by atoms with Gasteiger partial charge in [-0.3, -0.25) is 0 Å². The second-order valence-electron chi connectivity index (χ2n) is 4.65. The van der Waals surface area contributed by atoms with E-state index in [-0.39, 0.29) is 0 Å². The predicted octanol–water partition coefficient (Wildman–Crippen LogP) is 1.08. The van der Waals surface area contributed by atoms with Crippen molar-refractivity contribution < 1.29 is 4.74 Å². The summed E-state index contributed by atoms with van der Waals surface area (Å²) in [6, 6.07) is 0.433. The van der Waals surface area contributed by atoms with Crippen LogP contribution in [0.3, 0.4) is 0 Å². The molecule has 0 spiro atoms. The van der Waals surface area contributed by atoms with Crippen LogP contribution in [0.1, 0.15) is 26.7 Å². The molecule has 0 radical (unpaired) electrons. The molecule has 2 N–H and O–H groups in total. The molecular formula is C11H24N2O. The highest BCUT2D eigenvalue weighted by atomic mass is 16.5.